The zero-order valence-electron chi connectivity index (χ0n) is 25.8. The number of carboxylic acid groups (broad SMARTS) is 1. The van der Waals surface area contributed by atoms with E-state index in [0.717, 1.165) is 16.3 Å². The second-order valence-electron chi connectivity index (χ2n) is 12.0. The van der Waals surface area contributed by atoms with Crippen molar-refractivity contribution in [1.29, 1.82) is 0 Å². The third-order valence-electron chi connectivity index (χ3n) is 8.67. The van der Waals surface area contributed by atoms with E-state index in [4.69, 9.17) is 11.5 Å². The molecule has 1 heterocycles. The van der Waals surface area contributed by atoms with Crippen LogP contribution in [0.2, 0.25) is 0 Å². The number of ketones is 2. The van der Waals surface area contributed by atoms with Crippen LogP contribution in [0, 0.1) is 5.92 Å². The van der Waals surface area contributed by atoms with E-state index < -0.39 is 41.7 Å². The van der Waals surface area contributed by atoms with Gasteiger partial charge in [0.1, 0.15) is 17.5 Å². The van der Waals surface area contributed by atoms with Crippen LogP contribution >= 0.6 is 0 Å². The molecule has 1 aliphatic carbocycles. The van der Waals surface area contributed by atoms with E-state index in [9.17, 15) is 29.4 Å². The van der Waals surface area contributed by atoms with Crippen molar-refractivity contribution < 1.29 is 29.4 Å². The molecule has 0 spiro atoms. The van der Waals surface area contributed by atoms with E-state index in [-0.39, 0.29) is 30.3 Å². The first-order valence-electron chi connectivity index (χ1n) is 15.6. The first-order chi connectivity index (χ1) is 22.6. The summed E-state index contributed by atoms with van der Waals surface area (Å²) in [6, 6.07) is 20.1. The number of hydrogen-bond acceptors (Lipinski definition) is 8. The fraction of sp³-hybridized carbons (Fsp3) is 0.270. The summed E-state index contributed by atoms with van der Waals surface area (Å²) in [4.78, 5) is 57.7. The molecule has 3 aromatic carbocycles. The number of rotatable bonds is 13. The minimum absolute atomic E-state index is 0.0636. The third kappa shape index (κ3) is 7.97. The molecule has 1 aromatic heterocycles. The number of aromatic hydroxyl groups is 1. The molecular weight excluding hydrogens is 596 g/mol. The first kappa shape index (κ1) is 33.2. The molecule has 10 heteroatoms. The number of fused-ring (bicyclic) bond motifs is 1. The Bertz CT molecular complexity index is 1780. The minimum atomic E-state index is -1.64. The molecule has 5 rings (SSSR count). The summed E-state index contributed by atoms with van der Waals surface area (Å²) in [6.07, 6.45) is 5.50. The Morgan fingerprint density at radius 2 is 1.57 bits per heavy atom. The Balaban J connectivity index is 1.28. The quantitative estimate of drug-likeness (QED) is 0.107. The largest absolute Gasteiger partial charge is 0.508 e. The Labute approximate surface area is 272 Å². The topological polar surface area (TPSA) is 186 Å². The number of carbonyl (C=O) groups is 4. The highest BCUT2D eigenvalue weighted by Crippen LogP contribution is 2.31. The predicted molar refractivity (Wildman–Crippen MR) is 178 cm³/mol. The van der Waals surface area contributed by atoms with Crippen molar-refractivity contribution in [2.75, 3.05) is 0 Å². The zero-order valence-corrected chi connectivity index (χ0v) is 25.8. The maximum atomic E-state index is 13.8. The number of hydrogen-bond donors (Lipinski definition) is 5. The first-order valence-corrected chi connectivity index (χ1v) is 15.6. The van der Waals surface area contributed by atoms with Gasteiger partial charge in [0.2, 0.25) is 5.91 Å². The number of carbonyl (C=O) groups excluding carboxylic acids is 3. The van der Waals surface area contributed by atoms with E-state index in [2.05, 4.69) is 10.3 Å². The molecule has 1 unspecified atom stereocenters. The maximum Gasteiger partial charge on any atom is 0.327 e. The summed E-state index contributed by atoms with van der Waals surface area (Å²) in [5, 5.41) is 24.1. The molecule has 7 N–H and O–H groups in total. The van der Waals surface area contributed by atoms with Gasteiger partial charge in [-0.25, -0.2) is 4.79 Å². The molecule has 0 radical (unpaired) electrons. The number of amides is 1. The van der Waals surface area contributed by atoms with E-state index in [1.54, 1.807) is 48.7 Å². The van der Waals surface area contributed by atoms with Crippen molar-refractivity contribution in [1.82, 2.24) is 10.3 Å². The van der Waals surface area contributed by atoms with Crippen molar-refractivity contribution in [3.63, 3.8) is 0 Å². The summed E-state index contributed by atoms with van der Waals surface area (Å²) in [5.74, 6) is -4.33. The molecule has 0 saturated heterocycles. The molecule has 10 nitrogen and oxygen atoms in total. The number of benzene rings is 3. The lowest BCUT2D eigenvalue weighted by Gasteiger charge is -2.28. The van der Waals surface area contributed by atoms with Crippen LogP contribution < -0.4 is 16.8 Å². The highest BCUT2D eigenvalue weighted by atomic mass is 16.4. The minimum Gasteiger partial charge on any atom is -0.508 e. The number of nitrogens with two attached hydrogens (primary N) is 2. The van der Waals surface area contributed by atoms with Crippen LogP contribution in [0.4, 0.5) is 0 Å². The summed E-state index contributed by atoms with van der Waals surface area (Å²) < 4.78 is 0. The SMILES string of the molecule is N[C@@H](CC1=CCC[C@H](C(=O)c2nccc3ccccc23)C1)C(=O)N[C@H](C(=O)O)C(C(=O)[C@@H](N)Cc1ccc(O)cc1)c1ccccc1. The van der Waals surface area contributed by atoms with Crippen molar-refractivity contribution >= 4 is 34.2 Å². The second-order valence-corrected chi connectivity index (χ2v) is 12.0. The molecule has 0 fully saturated rings. The molecule has 1 amide bonds. The van der Waals surface area contributed by atoms with Gasteiger partial charge in [0, 0.05) is 17.5 Å². The Hall–Kier alpha value is -5.19. The fourth-order valence-corrected chi connectivity index (χ4v) is 6.21. The zero-order chi connectivity index (χ0) is 33.5. The van der Waals surface area contributed by atoms with Gasteiger partial charge in [-0.3, -0.25) is 19.4 Å². The van der Waals surface area contributed by atoms with Gasteiger partial charge < -0.3 is 27.0 Å². The lowest BCUT2D eigenvalue weighted by atomic mass is 9.81. The molecular formula is C37H38N4O6. The molecule has 47 heavy (non-hydrogen) atoms. The third-order valence-corrected chi connectivity index (χ3v) is 8.67. The van der Waals surface area contributed by atoms with Crippen LogP contribution in [-0.4, -0.2) is 56.8 Å². The van der Waals surface area contributed by atoms with Crippen molar-refractivity contribution in [3.8, 4) is 5.75 Å². The molecule has 0 bridgehead atoms. The number of phenolic OH excluding ortho intramolecular Hbond substituents is 1. The Morgan fingerprint density at radius 3 is 2.30 bits per heavy atom. The fourth-order valence-electron chi connectivity index (χ4n) is 6.21. The maximum absolute atomic E-state index is 13.8. The lowest BCUT2D eigenvalue weighted by molar-refractivity contribution is -0.144. The highest BCUT2D eigenvalue weighted by Gasteiger charge is 2.39. The number of pyridine rings is 1. The van der Waals surface area contributed by atoms with Gasteiger partial charge in [-0.1, -0.05) is 78.4 Å². The summed E-state index contributed by atoms with van der Waals surface area (Å²) in [5.41, 5.74) is 14.9. The standard InChI is InChI=1S/C37H38N4O6/c38-29(20-22-13-15-27(42)16-14-22)35(44)31(25-9-2-1-3-10-25)33(37(46)47)41-36(45)30(39)21-23-7-6-11-26(19-23)34(43)32-28-12-5-4-8-24(28)17-18-40-32/h1-5,7-10,12-18,26,29-31,33,42H,6,11,19-21,38-39H2,(H,41,45)(H,46,47)/t26-,29-,30-,31?,33-/m0/s1. The van der Waals surface area contributed by atoms with Crippen LogP contribution in [0.3, 0.4) is 0 Å². The predicted octanol–water partition coefficient (Wildman–Crippen LogP) is 4.06. The van der Waals surface area contributed by atoms with E-state index in [0.29, 0.717) is 36.1 Å². The summed E-state index contributed by atoms with van der Waals surface area (Å²) in [7, 11) is 0. The van der Waals surface area contributed by atoms with Crippen molar-refractivity contribution in [2.24, 2.45) is 17.4 Å². The van der Waals surface area contributed by atoms with Gasteiger partial charge in [0.15, 0.2) is 11.6 Å². The Morgan fingerprint density at radius 1 is 0.872 bits per heavy atom. The summed E-state index contributed by atoms with van der Waals surface area (Å²) in [6.45, 7) is 0. The average molecular weight is 635 g/mol. The molecule has 0 saturated carbocycles. The monoisotopic (exact) mass is 634 g/mol. The molecule has 242 valence electrons. The summed E-state index contributed by atoms with van der Waals surface area (Å²) >= 11 is 0. The average Bonchev–Trinajstić information content (AvgIpc) is 3.08. The number of carboxylic acids is 1. The molecule has 5 atom stereocenters. The van der Waals surface area contributed by atoms with Gasteiger partial charge in [0.05, 0.1) is 18.0 Å². The van der Waals surface area contributed by atoms with Crippen LogP contribution in [0.25, 0.3) is 10.8 Å². The van der Waals surface area contributed by atoms with Crippen LogP contribution in [0.15, 0.2) is 103 Å². The van der Waals surface area contributed by atoms with Crippen molar-refractivity contribution in [3.05, 3.63) is 120 Å². The van der Waals surface area contributed by atoms with Gasteiger partial charge in [0.25, 0.3) is 0 Å². The number of aliphatic carboxylic acids is 1. The number of allylic oxidation sites excluding steroid dienone is 1. The lowest BCUT2D eigenvalue weighted by Crippen LogP contribution is -2.54. The number of aromatic nitrogens is 1. The van der Waals surface area contributed by atoms with Gasteiger partial charge in [-0.05, 0) is 66.8 Å². The van der Waals surface area contributed by atoms with E-state index in [1.165, 1.54) is 12.1 Å². The smallest absolute Gasteiger partial charge is 0.327 e. The van der Waals surface area contributed by atoms with Crippen LogP contribution in [0.1, 0.15) is 53.2 Å². The highest BCUT2D eigenvalue weighted by molar-refractivity contribution is 6.07. The van der Waals surface area contributed by atoms with E-state index in [1.807, 2.05) is 36.4 Å². The number of Topliss-reactive ketones (excluding diaryl/α,β-unsaturated/α-hetero) is 2. The normalized spacial score (nSPS) is 17.1. The Kier molecular flexibility index (Phi) is 10.5. The van der Waals surface area contributed by atoms with Crippen molar-refractivity contribution in [2.45, 2.75) is 56.1 Å². The molecule has 4 aromatic rings. The number of phenols is 1. The molecule has 1 aliphatic rings. The van der Waals surface area contributed by atoms with Crippen LogP contribution in [0.5, 0.6) is 5.75 Å². The van der Waals surface area contributed by atoms with Crippen LogP contribution in [-0.2, 0) is 20.8 Å². The van der Waals surface area contributed by atoms with Gasteiger partial charge in [-0.15, -0.1) is 0 Å². The van der Waals surface area contributed by atoms with Gasteiger partial charge in [-0.2, -0.15) is 0 Å². The number of nitrogens with zero attached hydrogens (tertiary/aromatic N) is 1. The van der Waals surface area contributed by atoms with E-state index >= 15 is 0 Å². The molecule has 0 aliphatic heterocycles. The second kappa shape index (κ2) is 14.9. The number of nitrogens with one attached hydrogen (secondary N) is 1. The van der Waals surface area contributed by atoms with Gasteiger partial charge >= 0.3 is 5.97 Å².